The lowest BCUT2D eigenvalue weighted by atomic mass is 10.1. The fourth-order valence-corrected chi connectivity index (χ4v) is 4.00. The molecule has 0 bridgehead atoms. The van der Waals surface area contributed by atoms with Gasteiger partial charge in [0.05, 0.1) is 23.1 Å². The molecule has 1 aliphatic heterocycles. The first kappa shape index (κ1) is 28.7. The second-order valence-electron chi connectivity index (χ2n) is 8.70. The topological polar surface area (TPSA) is 75.1 Å². The smallest absolute Gasteiger partial charge is 0.272 e. The molecule has 4 aromatic rings. The van der Waals surface area contributed by atoms with E-state index in [1.807, 2.05) is 75.3 Å². The highest BCUT2D eigenvalue weighted by atomic mass is 35.5. The average molecular weight is 531 g/mol. The molecular weight excluding hydrogens is 496 g/mol. The van der Waals surface area contributed by atoms with Gasteiger partial charge in [0.1, 0.15) is 11.5 Å². The van der Waals surface area contributed by atoms with Crippen LogP contribution in [-0.4, -0.2) is 56.9 Å². The van der Waals surface area contributed by atoms with E-state index in [0.29, 0.717) is 18.8 Å². The first-order chi connectivity index (χ1) is 18.4. The summed E-state index contributed by atoms with van der Waals surface area (Å²) in [5, 5.41) is 0.729. The van der Waals surface area contributed by atoms with Crippen LogP contribution in [0.4, 0.5) is 5.82 Å². The number of anilines is 1. The Kier molecular flexibility index (Phi) is 10.7. The number of aromatic nitrogens is 4. The van der Waals surface area contributed by atoms with Gasteiger partial charge in [-0.25, -0.2) is 4.98 Å². The minimum Gasteiger partial charge on any atom is -0.352 e. The summed E-state index contributed by atoms with van der Waals surface area (Å²) in [5.74, 6) is 0.844. The Labute approximate surface area is 230 Å². The maximum atomic E-state index is 12.7. The number of rotatable bonds is 3. The summed E-state index contributed by atoms with van der Waals surface area (Å²) in [6.45, 7) is 12.7. The molecule has 0 spiro atoms. The molecule has 4 heterocycles. The second-order valence-corrected chi connectivity index (χ2v) is 9.11. The number of carbonyl (C=O) groups excluding carboxylic acids is 1. The van der Waals surface area contributed by atoms with Crippen molar-refractivity contribution < 1.29 is 4.79 Å². The molecule has 0 radical (unpaired) electrons. The largest absolute Gasteiger partial charge is 0.352 e. The third-order valence-electron chi connectivity index (χ3n) is 6.03. The Morgan fingerprint density at radius 2 is 1.58 bits per heavy atom. The van der Waals surface area contributed by atoms with Crippen LogP contribution in [0.25, 0.3) is 11.3 Å². The Morgan fingerprint density at radius 3 is 2.16 bits per heavy atom. The maximum absolute atomic E-state index is 12.7. The lowest BCUT2D eigenvalue weighted by Gasteiger charge is -2.35. The Bertz CT molecular complexity index is 1300. The van der Waals surface area contributed by atoms with E-state index in [1.165, 1.54) is 5.56 Å². The van der Waals surface area contributed by atoms with Gasteiger partial charge < -0.3 is 9.80 Å². The first-order valence-electron chi connectivity index (χ1n) is 12.8. The molecule has 1 saturated heterocycles. The van der Waals surface area contributed by atoms with Crippen molar-refractivity contribution in [3.05, 3.63) is 101 Å². The lowest BCUT2D eigenvalue weighted by Crippen LogP contribution is -2.49. The molecule has 1 fully saturated rings. The van der Waals surface area contributed by atoms with Crippen LogP contribution >= 0.6 is 11.6 Å². The van der Waals surface area contributed by atoms with E-state index in [9.17, 15) is 4.79 Å². The maximum Gasteiger partial charge on any atom is 0.272 e. The third kappa shape index (κ3) is 7.59. The molecule has 0 N–H and O–H groups in total. The van der Waals surface area contributed by atoms with Crippen LogP contribution < -0.4 is 4.90 Å². The van der Waals surface area contributed by atoms with Gasteiger partial charge in [-0.1, -0.05) is 55.3 Å². The van der Waals surface area contributed by atoms with Gasteiger partial charge in [-0.2, -0.15) is 0 Å². The molecule has 5 rings (SSSR count). The summed E-state index contributed by atoms with van der Waals surface area (Å²) in [5.41, 5.74) is 5.66. The molecule has 8 heteroatoms. The number of hydrogen-bond acceptors (Lipinski definition) is 6. The van der Waals surface area contributed by atoms with E-state index < -0.39 is 0 Å². The van der Waals surface area contributed by atoms with Crippen LogP contribution in [0.5, 0.6) is 0 Å². The van der Waals surface area contributed by atoms with Gasteiger partial charge in [-0.05, 0) is 50.1 Å². The number of aryl methyl sites for hydroxylation is 3. The van der Waals surface area contributed by atoms with Crippen molar-refractivity contribution in [2.24, 2.45) is 0 Å². The van der Waals surface area contributed by atoms with Crippen molar-refractivity contribution in [2.45, 2.75) is 34.6 Å². The molecule has 1 aromatic carbocycles. The van der Waals surface area contributed by atoms with Crippen molar-refractivity contribution in [1.82, 2.24) is 24.8 Å². The molecule has 1 aliphatic rings. The average Bonchev–Trinajstić information content (AvgIpc) is 2.96. The number of nitrogens with zero attached hydrogens (tertiary/aromatic N) is 6. The zero-order valence-electron chi connectivity index (χ0n) is 22.7. The van der Waals surface area contributed by atoms with Crippen molar-refractivity contribution >= 4 is 23.3 Å². The van der Waals surface area contributed by atoms with Gasteiger partial charge in [0.25, 0.3) is 5.91 Å². The fraction of sp³-hybridized carbons (Fsp3) is 0.300. The highest BCUT2D eigenvalue weighted by Crippen LogP contribution is 2.20. The van der Waals surface area contributed by atoms with Crippen molar-refractivity contribution in [3.8, 4) is 11.3 Å². The molecule has 0 aliphatic carbocycles. The minimum atomic E-state index is -0.00127. The summed E-state index contributed by atoms with van der Waals surface area (Å²) in [7, 11) is 0. The summed E-state index contributed by atoms with van der Waals surface area (Å²) in [6.07, 6.45) is 8.66. The van der Waals surface area contributed by atoms with Crippen molar-refractivity contribution in [1.29, 1.82) is 0 Å². The summed E-state index contributed by atoms with van der Waals surface area (Å²) >= 11 is 5.65. The SMILES string of the molecule is CC.Cc1cccc(-c2cnc(N3CCN(C(=O)c4ncccc4C)CC3)cn2)c1.Cc1ccncc1Cl. The predicted octanol–water partition coefficient (Wildman–Crippen LogP) is 6.19. The zero-order chi connectivity index (χ0) is 27.5. The highest BCUT2D eigenvalue weighted by Gasteiger charge is 2.24. The fourth-order valence-electron chi connectivity index (χ4n) is 3.88. The van der Waals surface area contributed by atoms with E-state index >= 15 is 0 Å². The standard InChI is InChI=1S/C22H23N5O.C6H6ClN.C2H6/c1-16-5-3-7-18(13-16)19-14-25-20(15-24-19)26-9-11-27(12-10-26)22(28)21-17(2)6-4-8-23-21;1-5-2-3-8-4-6(5)7;1-2/h3-8,13-15H,9-12H2,1-2H3;2-4H,1H3;1-2H3. The molecule has 0 atom stereocenters. The minimum absolute atomic E-state index is 0.00127. The monoisotopic (exact) mass is 530 g/mol. The van der Waals surface area contributed by atoms with E-state index in [1.54, 1.807) is 18.6 Å². The lowest BCUT2D eigenvalue weighted by molar-refractivity contribution is 0.0740. The normalized spacial score (nSPS) is 12.6. The van der Waals surface area contributed by atoms with Gasteiger partial charge in [-0.15, -0.1) is 0 Å². The summed E-state index contributed by atoms with van der Waals surface area (Å²) < 4.78 is 0. The highest BCUT2D eigenvalue weighted by molar-refractivity contribution is 6.31. The number of piperazine rings is 1. The van der Waals surface area contributed by atoms with Crippen molar-refractivity contribution in [2.75, 3.05) is 31.1 Å². The van der Waals surface area contributed by atoms with Gasteiger partial charge in [0.15, 0.2) is 0 Å². The Balaban J connectivity index is 0.000000339. The Morgan fingerprint density at radius 1 is 0.816 bits per heavy atom. The van der Waals surface area contributed by atoms with Crippen molar-refractivity contribution in [3.63, 3.8) is 0 Å². The van der Waals surface area contributed by atoms with Gasteiger partial charge >= 0.3 is 0 Å². The van der Waals surface area contributed by atoms with E-state index in [-0.39, 0.29) is 5.91 Å². The number of benzene rings is 1. The molecule has 198 valence electrons. The summed E-state index contributed by atoms with van der Waals surface area (Å²) in [4.78, 5) is 34.0. The molecule has 38 heavy (non-hydrogen) atoms. The van der Waals surface area contributed by atoms with E-state index in [2.05, 4.69) is 43.9 Å². The van der Waals surface area contributed by atoms with Gasteiger partial charge in [0, 0.05) is 50.3 Å². The van der Waals surface area contributed by atoms with Gasteiger partial charge in [0.2, 0.25) is 0 Å². The number of hydrogen-bond donors (Lipinski definition) is 0. The van der Waals surface area contributed by atoms with Crippen LogP contribution in [0.1, 0.15) is 41.0 Å². The molecule has 0 saturated carbocycles. The van der Waals surface area contributed by atoms with Crippen LogP contribution in [0, 0.1) is 20.8 Å². The van der Waals surface area contributed by atoms with Crippen LogP contribution in [0.3, 0.4) is 0 Å². The van der Waals surface area contributed by atoms with E-state index in [0.717, 1.165) is 46.3 Å². The predicted molar refractivity (Wildman–Crippen MR) is 155 cm³/mol. The van der Waals surface area contributed by atoms with Gasteiger partial charge in [-0.3, -0.25) is 19.7 Å². The number of halogens is 1. The third-order valence-corrected chi connectivity index (χ3v) is 6.43. The number of pyridine rings is 2. The quantitative estimate of drug-likeness (QED) is 0.314. The molecular formula is C30H35ClN6O. The molecule has 7 nitrogen and oxygen atoms in total. The summed E-state index contributed by atoms with van der Waals surface area (Å²) in [6, 6.07) is 13.9. The van der Waals surface area contributed by atoms with Crippen LogP contribution in [-0.2, 0) is 0 Å². The first-order valence-corrected chi connectivity index (χ1v) is 13.2. The number of carbonyl (C=O) groups is 1. The van der Waals surface area contributed by atoms with Crippen LogP contribution in [0.15, 0.2) is 73.4 Å². The number of amides is 1. The van der Waals surface area contributed by atoms with E-state index in [4.69, 9.17) is 11.6 Å². The molecule has 3 aromatic heterocycles. The van der Waals surface area contributed by atoms with Crippen LogP contribution in [0.2, 0.25) is 5.02 Å². The molecule has 1 amide bonds. The Hall–Kier alpha value is -3.84. The zero-order valence-corrected chi connectivity index (χ0v) is 23.5. The second kappa shape index (κ2) is 14.2. The molecule has 0 unspecified atom stereocenters.